The predicted octanol–water partition coefficient (Wildman–Crippen LogP) is 3.55. The molecule has 2 aromatic rings. The highest BCUT2D eigenvalue weighted by atomic mass is 32.1. The normalized spacial score (nSPS) is 19.9. The molecule has 0 saturated carbocycles. The Morgan fingerprint density at radius 3 is 3.04 bits per heavy atom. The summed E-state index contributed by atoms with van der Waals surface area (Å²) in [5.41, 5.74) is 4.49. The average Bonchev–Trinajstić information content (AvgIpc) is 3.31. The standard InChI is InChI=1S/C20H19N3OS/c1-2-13-3-4-14-10-18(24)17(11-21)19(16(14)9-13)23-7-5-15(12-23)20-22-6-8-25-20/h3-4,6,8-9,15H,2,5,7,10,12H2,1H3/t15-/m1/s1. The Bertz CT molecular complexity index is 892. The van der Waals surface area contributed by atoms with Crippen molar-refractivity contribution in [2.45, 2.75) is 32.1 Å². The van der Waals surface area contributed by atoms with Crippen LogP contribution in [-0.2, 0) is 17.6 Å². The number of rotatable bonds is 3. The topological polar surface area (TPSA) is 57.0 Å². The number of hydrogen-bond acceptors (Lipinski definition) is 5. The fourth-order valence-electron chi connectivity index (χ4n) is 3.79. The number of aryl methyl sites for hydroxylation is 1. The minimum atomic E-state index is -0.0630. The number of benzene rings is 1. The predicted molar refractivity (Wildman–Crippen MR) is 98.1 cm³/mol. The molecule has 4 nitrogen and oxygen atoms in total. The molecule has 1 atom stereocenters. The molecule has 25 heavy (non-hydrogen) atoms. The molecule has 1 aromatic heterocycles. The maximum absolute atomic E-state index is 12.5. The first-order chi connectivity index (χ1) is 12.2. The Morgan fingerprint density at radius 2 is 2.32 bits per heavy atom. The Morgan fingerprint density at radius 1 is 1.44 bits per heavy atom. The summed E-state index contributed by atoms with van der Waals surface area (Å²) >= 11 is 1.68. The van der Waals surface area contributed by atoms with Crippen LogP contribution in [0.3, 0.4) is 0 Å². The van der Waals surface area contributed by atoms with Crippen LogP contribution in [-0.4, -0.2) is 28.8 Å². The van der Waals surface area contributed by atoms with Gasteiger partial charge in [-0.25, -0.2) is 4.98 Å². The Hall–Kier alpha value is -2.45. The van der Waals surface area contributed by atoms with E-state index in [9.17, 15) is 10.1 Å². The van der Waals surface area contributed by atoms with E-state index in [-0.39, 0.29) is 5.78 Å². The molecular weight excluding hydrogens is 330 g/mol. The van der Waals surface area contributed by atoms with Gasteiger partial charge in [-0.1, -0.05) is 19.1 Å². The quantitative estimate of drug-likeness (QED) is 0.850. The molecular formula is C20H19N3OS. The highest BCUT2D eigenvalue weighted by Crippen LogP contribution is 2.38. The van der Waals surface area contributed by atoms with E-state index in [0.717, 1.165) is 47.8 Å². The maximum atomic E-state index is 12.5. The van der Waals surface area contributed by atoms with E-state index in [4.69, 9.17) is 0 Å². The summed E-state index contributed by atoms with van der Waals surface area (Å²) in [4.78, 5) is 19.2. The van der Waals surface area contributed by atoms with E-state index in [1.165, 1.54) is 5.56 Å². The summed E-state index contributed by atoms with van der Waals surface area (Å²) in [6.45, 7) is 3.80. The zero-order valence-electron chi connectivity index (χ0n) is 14.2. The molecule has 126 valence electrons. The van der Waals surface area contributed by atoms with Gasteiger partial charge in [-0.15, -0.1) is 11.3 Å². The molecule has 2 heterocycles. The number of allylic oxidation sites excluding steroid dienone is 1. The smallest absolute Gasteiger partial charge is 0.179 e. The highest BCUT2D eigenvalue weighted by molar-refractivity contribution is 7.09. The van der Waals surface area contributed by atoms with Crippen LogP contribution in [0.25, 0.3) is 5.70 Å². The van der Waals surface area contributed by atoms with Gasteiger partial charge in [-0.05, 0) is 30.0 Å². The van der Waals surface area contributed by atoms with Gasteiger partial charge in [0.25, 0.3) is 0 Å². The summed E-state index contributed by atoms with van der Waals surface area (Å²) < 4.78 is 0. The van der Waals surface area contributed by atoms with Crippen molar-refractivity contribution in [2.75, 3.05) is 13.1 Å². The van der Waals surface area contributed by atoms with Gasteiger partial charge >= 0.3 is 0 Å². The highest BCUT2D eigenvalue weighted by Gasteiger charge is 2.34. The average molecular weight is 349 g/mol. The molecule has 0 N–H and O–H groups in total. The van der Waals surface area contributed by atoms with Crippen LogP contribution in [0, 0.1) is 11.3 Å². The molecule has 0 radical (unpaired) electrons. The maximum Gasteiger partial charge on any atom is 0.179 e. The van der Waals surface area contributed by atoms with E-state index < -0.39 is 0 Å². The minimum Gasteiger partial charge on any atom is -0.369 e. The molecule has 5 heteroatoms. The molecule has 0 bridgehead atoms. The third-order valence-corrected chi connectivity index (χ3v) is 6.06. The van der Waals surface area contributed by atoms with Crippen molar-refractivity contribution in [2.24, 2.45) is 0 Å². The molecule has 1 saturated heterocycles. The van der Waals surface area contributed by atoms with Gasteiger partial charge in [0.15, 0.2) is 5.78 Å². The van der Waals surface area contributed by atoms with Gasteiger partial charge in [0.05, 0.1) is 10.7 Å². The van der Waals surface area contributed by atoms with Crippen LogP contribution < -0.4 is 0 Å². The number of fused-ring (bicyclic) bond motifs is 1. The first-order valence-electron chi connectivity index (χ1n) is 8.65. The zero-order chi connectivity index (χ0) is 17.4. The van der Waals surface area contributed by atoms with E-state index in [1.807, 2.05) is 11.6 Å². The van der Waals surface area contributed by atoms with Crippen LogP contribution in [0.15, 0.2) is 35.3 Å². The molecule has 0 unspecified atom stereocenters. The number of carbonyl (C=O) groups is 1. The van der Waals surface area contributed by atoms with E-state index >= 15 is 0 Å². The van der Waals surface area contributed by atoms with Crippen molar-refractivity contribution in [3.05, 3.63) is 57.0 Å². The Kier molecular flexibility index (Phi) is 4.14. The van der Waals surface area contributed by atoms with Crippen LogP contribution in [0.1, 0.15) is 41.0 Å². The number of likely N-dealkylation sites (tertiary alicyclic amines) is 1. The largest absolute Gasteiger partial charge is 0.369 e. The molecule has 0 spiro atoms. The Balaban J connectivity index is 1.76. The third-order valence-electron chi connectivity index (χ3n) is 5.12. The first-order valence-corrected chi connectivity index (χ1v) is 9.53. The van der Waals surface area contributed by atoms with Gasteiger partial charge in [0.2, 0.25) is 0 Å². The summed E-state index contributed by atoms with van der Waals surface area (Å²) in [6, 6.07) is 8.48. The molecule has 0 amide bonds. The molecule has 4 rings (SSSR count). The number of aromatic nitrogens is 1. The van der Waals surface area contributed by atoms with Gasteiger partial charge in [-0.2, -0.15) is 5.26 Å². The van der Waals surface area contributed by atoms with Gasteiger partial charge in [0, 0.05) is 42.6 Å². The molecule has 1 fully saturated rings. The first kappa shape index (κ1) is 16.0. The van der Waals surface area contributed by atoms with Crippen molar-refractivity contribution in [3.63, 3.8) is 0 Å². The van der Waals surface area contributed by atoms with E-state index in [0.29, 0.717) is 17.9 Å². The lowest BCUT2D eigenvalue weighted by Crippen LogP contribution is -2.27. The van der Waals surface area contributed by atoms with Crippen molar-refractivity contribution >= 4 is 22.8 Å². The lowest BCUT2D eigenvalue weighted by atomic mass is 9.87. The zero-order valence-corrected chi connectivity index (χ0v) is 15.0. The summed E-state index contributed by atoms with van der Waals surface area (Å²) in [7, 11) is 0. The van der Waals surface area contributed by atoms with Crippen LogP contribution >= 0.6 is 11.3 Å². The second-order valence-corrected chi connectivity index (χ2v) is 7.51. The second kappa shape index (κ2) is 6.45. The monoisotopic (exact) mass is 349 g/mol. The van der Waals surface area contributed by atoms with Crippen LogP contribution in [0.4, 0.5) is 0 Å². The lowest BCUT2D eigenvalue weighted by molar-refractivity contribution is -0.114. The summed E-state index contributed by atoms with van der Waals surface area (Å²) in [5.74, 6) is 0.314. The number of Topliss-reactive ketones (excluding diaryl/α,β-unsaturated/α-hetero) is 1. The van der Waals surface area contributed by atoms with Crippen molar-refractivity contribution < 1.29 is 4.79 Å². The molecule has 2 aliphatic rings. The fraction of sp³-hybridized carbons (Fsp3) is 0.350. The van der Waals surface area contributed by atoms with E-state index in [1.54, 1.807) is 11.3 Å². The van der Waals surface area contributed by atoms with Crippen molar-refractivity contribution in [1.29, 1.82) is 5.26 Å². The summed E-state index contributed by atoms with van der Waals surface area (Å²) in [6.07, 6.45) is 4.12. The van der Waals surface area contributed by atoms with E-state index in [2.05, 4.69) is 41.1 Å². The number of hydrogen-bond donors (Lipinski definition) is 0. The Labute approximate surface area is 151 Å². The third kappa shape index (κ3) is 2.77. The number of ketones is 1. The van der Waals surface area contributed by atoms with Crippen molar-refractivity contribution in [1.82, 2.24) is 9.88 Å². The SMILES string of the molecule is CCc1ccc2c(c1)C(N1CC[C@@H](c3nccs3)C1)=C(C#N)C(=O)C2. The number of carbonyl (C=O) groups excluding carboxylic acids is 1. The number of thiazole rings is 1. The second-order valence-electron chi connectivity index (χ2n) is 6.58. The molecule has 1 aromatic carbocycles. The van der Waals surface area contributed by atoms with Gasteiger partial charge < -0.3 is 4.90 Å². The minimum absolute atomic E-state index is 0.0630. The van der Waals surface area contributed by atoms with Crippen LogP contribution in [0.5, 0.6) is 0 Å². The molecule has 1 aliphatic heterocycles. The lowest BCUT2D eigenvalue weighted by Gasteiger charge is -2.28. The number of nitrogens with zero attached hydrogens (tertiary/aromatic N) is 3. The van der Waals surface area contributed by atoms with Gasteiger partial charge in [-0.3, -0.25) is 4.79 Å². The molecule has 1 aliphatic carbocycles. The summed E-state index contributed by atoms with van der Waals surface area (Å²) in [5, 5.41) is 12.8. The van der Waals surface area contributed by atoms with Gasteiger partial charge in [0.1, 0.15) is 11.6 Å². The van der Waals surface area contributed by atoms with Crippen LogP contribution in [0.2, 0.25) is 0 Å². The number of nitriles is 1. The van der Waals surface area contributed by atoms with Crippen molar-refractivity contribution in [3.8, 4) is 6.07 Å². The fourth-order valence-corrected chi connectivity index (χ4v) is 4.56.